The Balaban J connectivity index is 2.47. The molecule has 0 aliphatic carbocycles. The van der Waals surface area contributed by atoms with Crippen LogP contribution in [0.3, 0.4) is 0 Å². The van der Waals surface area contributed by atoms with E-state index < -0.39 is 61.3 Å². The Morgan fingerprint density at radius 3 is 1.22 bits per heavy atom. The first-order chi connectivity index (χ1) is 17.1. The molecular formula is C25H31N3O6S3. The molecule has 3 rings (SSSR count). The van der Waals surface area contributed by atoms with Gasteiger partial charge < -0.3 is 11.5 Å². The quantitative estimate of drug-likeness (QED) is 0.347. The minimum Gasteiger partial charge on any atom is -0.329 e. The standard InChI is InChI=1S/C25H31N3O6S3/c1-17-4-10-20(11-5-17)35(29,30)24(23(27)16-26)25(28,36(31,32)21-12-6-18(2)7-13-21)37(33,34)22-14-8-19(3)9-15-22/h4-15,23-24H,16,26-28H2,1-3H3. The summed E-state index contributed by atoms with van der Waals surface area (Å²) in [6.45, 7) is 4.60. The summed E-state index contributed by atoms with van der Waals surface area (Å²) in [7, 11) is -15.0. The fraction of sp³-hybridized carbons (Fsp3) is 0.280. The lowest BCUT2D eigenvalue weighted by Crippen LogP contribution is -2.70. The molecule has 0 saturated heterocycles. The van der Waals surface area contributed by atoms with E-state index in [2.05, 4.69) is 0 Å². The number of hydrogen-bond donors (Lipinski definition) is 3. The van der Waals surface area contributed by atoms with Gasteiger partial charge in [-0.2, -0.15) is 0 Å². The predicted octanol–water partition coefficient (Wildman–Crippen LogP) is 1.60. The maximum Gasteiger partial charge on any atom is 0.248 e. The highest BCUT2D eigenvalue weighted by molar-refractivity contribution is 8.11. The highest BCUT2D eigenvalue weighted by Gasteiger charge is 2.64. The molecule has 3 aromatic rings. The van der Waals surface area contributed by atoms with Crippen LogP contribution >= 0.6 is 0 Å². The highest BCUT2D eigenvalue weighted by atomic mass is 32.3. The summed E-state index contributed by atoms with van der Waals surface area (Å²) in [6, 6.07) is 14.4. The average molecular weight is 566 g/mol. The van der Waals surface area contributed by atoms with Crippen molar-refractivity contribution in [2.45, 2.75) is 51.0 Å². The zero-order chi connectivity index (χ0) is 27.8. The summed E-state index contributed by atoms with van der Waals surface area (Å²) in [6.07, 6.45) is 0. The first-order valence-corrected chi connectivity index (χ1v) is 15.8. The Kier molecular flexibility index (Phi) is 8.04. The molecule has 0 saturated carbocycles. The van der Waals surface area contributed by atoms with Gasteiger partial charge in [0.2, 0.25) is 23.9 Å². The van der Waals surface area contributed by atoms with Crippen LogP contribution in [-0.4, -0.2) is 47.3 Å². The third-order valence-corrected chi connectivity index (χ3v) is 14.2. The molecule has 200 valence electrons. The Morgan fingerprint density at radius 2 is 0.919 bits per heavy atom. The lowest BCUT2D eigenvalue weighted by Gasteiger charge is -2.38. The summed E-state index contributed by atoms with van der Waals surface area (Å²) < 4.78 is 81.3. The molecule has 0 bridgehead atoms. The fourth-order valence-electron chi connectivity index (χ4n) is 4.00. The Bertz CT molecular complexity index is 1510. The van der Waals surface area contributed by atoms with Crippen molar-refractivity contribution < 1.29 is 25.3 Å². The van der Waals surface area contributed by atoms with E-state index in [0.29, 0.717) is 11.1 Å². The number of hydrogen-bond acceptors (Lipinski definition) is 9. The van der Waals surface area contributed by atoms with Crippen molar-refractivity contribution in [3.05, 3.63) is 89.5 Å². The van der Waals surface area contributed by atoms with E-state index in [0.717, 1.165) is 5.56 Å². The lowest BCUT2D eigenvalue weighted by atomic mass is 10.2. The summed E-state index contributed by atoms with van der Waals surface area (Å²) in [4.78, 5) is -1.27. The molecule has 6 N–H and O–H groups in total. The monoisotopic (exact) mass is 565 g/mol. The molecule has 0 aliphatic rings. The molecule has 9 nitrogen and oxygen atoms in total. The minimum atomic E-state index is -5.11. The zero-order valence-electron chi connectivity index (χ0n) is 20.7. The van der Waals surface area contributed by atoms with Gasteiger partial charge in [-0.1, -0.05) is 53.1 Å². The molecule has 37 heavy (non-hydrogen) atoms. The second-order valence-electron chi connectivity index (χ2n) is 9.03. The largest absolute Gasteiger partial charge is 0.329 e. The number of benzene rings is 3. The second kappa shape index (κ2) is 10.3. The van der Waals surface area contributed by atoms with Crippen LogP contribution in [-0.2, 0) is 29.5 Å². The Hall–Kier alpha value is -2.61. The predicted molar refractivity (Wildman–Crippen MR) is 143 cm³/mol. The molecule has 12 heteroatoms. The molecule has 0 amide bonds. The van der Waals surface area contributed by atoms with Crippen LogP contribution in [0.2, 0.25) is 0 Å². The van der Waals surface area contributed by atoms with Crippen molar-refractivity contribution >= 4 is 29.5 Å². The van der Waals surface area contributed by atoms with Gasteiger partial charge in [-0.05, 0) is 57.2 Å². The molecule has 0 fully saturated rings. The maximum atomic E-state index is 14.2. The molecule has 0 spiro atoms. The Labute approximate surface area is 218 Å². The van der Waals surface area contributed by atoms with Crippen LogP contribution in [0, 0.1) is 20.8 Å². The Morgan fingerprint density at radius 1 is 0.622 bits per heavy atom. The minimum absolute atomic E-state index is 0.333. The summed E-state index contributed by atoms with van der Waals surface area (Å²) in [5.41, 5.74) is 20.5. The SMILES string of the molecule is Cc1ccc(S(=O)(=O)C(C(N)CN)C(N)(S(=O)(=O)c2ccc(C)cc2)S(=O)(=O)c2ccc(C)cc2)cc1. The van der Waals surface area contributed by atoms with E-state index >= 15 is 0 Å². The van der Waals surface area contributed by atoms with Crippen molar-refractivity contribution in [3.8, 4) is 0 Å². The maximum absolute atomic E-state index is 14.2. The zero-order valence-corrected chi connectivity index (χ0v) is 23.1. The van der Waals surface area contributed by atoms with Gasteiger partial charge in [0.1, 0.15) is 5.25 Å². The van der Waals surface area contributed by atoms with Crippen LogP contribution in [0.4, 0.5) is 0 Å². The van der Waals surface area contributed by atoms with Gasteiger partial charge in [0.25, 0.3) is 0 Å². The third kappa shape index (κ3) is 4.97. The molecule has 2 unspecified atom stereocenters. The van der Waals surface area contributed by atoms with Gasteiger partial charge in [-0.25, -0.2) is 25.3 Å². The van der Waals surface area contributed by atoms with Gasteiger partial charge >= 0.3 is 0 Å². The van der Waals surface area contributed by atoms with Crippen LogP contribution in [0.25, 0.3) is 0 Å². The third-order valence-electron chi connectivity index (χ3n) is 6.24. The topological polar surface area (TPSA) is 180 Å². The molecule has 0 radical (unpaired) electrons. The fourth-order valence-corrected chi connectivity index (χ4v) is 11.7. The number of rotatable bonds is 9. The van der Waals surface area contributed by atoms with E-state index in [1.54, 1.807) is 20.8 Å². The van der Waals surface area contributed by atoms with E-state index in [9.17, 15) is 25.3 Å². The van der Waals surface area contributed by atoms with Gasteiger partial charge in [-0.3, -0.25) is 5.73 Å². The van der Waals surface area contributed by atoms with Gasteiger partial charge in [0.15, 0.2) is 9.84 Å². The van der Waals surface area contributed by atoms with E-state index in [1.165, 1.54) is 72.8 Å². The summed E-state index contributed by atoms with van der Waals surface area (Å²) in [5.74, 6) is 0. The second-order valence-corrected chi connectivity index (χ2v) is 15.7. The summed E-state index contributed by atoms with van der Waals surface area (Å²) in [5, 5.41) is -2.36. The molecule has 0 heterocycles. The van der Waals surface area contributed by atoms with Crippen molar-refractivity contribution in [1.29, 1.82) is 0 Å². The first kappa shape index (κ1) is 29.0. The van der Waals surface area contributed by atoms with Crippen LogP contribution < -0.4 is 17.2 Å². The normalized spacial score (nSPS) is 14.8. The van der Waals surface area contributed by atoms with Crippen molar-refractivity contribution in [1.82, 2.24) is 0 Å². The molecule has 2 atom stereocenters. The lowest BCUT2D eigenvalue weighted by molar-refractivity contribution is 0.482. The van der Waals surface area contributed by atoms with Crippen molar-refractivity contribution in [2.75, 3.05) is 6.54 Å². The molecule has 3 aromatic carbocycles. The van der Waals surface area contributed by atoms with Gasteiger partial charge in [0, 0.05) is 12.6 Å². The molecular weight excluding hydrogens is 534 g/mol. The van der Waals surface area contributed by atoms with E-state index in [1.807, 2.05) is 0 Å². The van der Waals surface area contributed by atoms with Crippen molar-refractivity contribution in [3.63, 3.8) is 0 Å². The highest BCUT2D eigenvalue weighted by Crippen LogP contribution is 2.40. The molecule has 0 aliphatic heterocycles. The van der Waals surface area contributed by atoms with Crippen molar-refractivity contribution in [2.24, 2.45) is 17.2 Å². The molecule has 0 aromatic heterocycles. The van der Waals surface area contributed by atoms with Crippen LogP contribution in [0.5, 0.6) is 0 Å². The number of aryl methyl sites for hydroxylation is 3. The number of nitrogens with two attached hydrogens (primary N) is 3. The first-order valence-electron chi connectivity index (χ1n) is 11.3. The van der Waals surface area contributed by atoms with E-state index in [-0.39, 0.29) is 4.90 Å². The van der Waals surface area contributed by atoms with Gasteiger partial charge in [-0.15, -0.1) is 0 Å². The number of sulfone groups is 3. The van der Waals surface area contributed by atoms with Gasteiger partial charge in [0.05, 0.1) is 14.7 Å². The summed E-state index contributed by atoms with van der Waals surface area (Å²) >= 11 is 0. The van der Waals surface area contributed by atoms with E-state index in [4.69, 9.17) is 17.2 Å². The average Bonchev–Trinajstić information content (AvgIpc) is 2.84. The van der Waals surface area contributed by atoms with Crippen LogP contribution in [0.15, 0.2) is 87.5 Å². The van der Waals surface area contributed by atoms with Crippen LogP contribution in [0.1, 0.15) is 16.7 Å². The smallest absolute Gasteiger partial charge is 0.248 e.